The van der Waals surface area contributed by atoms with Crippen LogP contribution in [-0.4, -0.2) is 25.0 Å². The van der Waals surface area contributed by atoms with Gasteiger partial charge in [0, 0.05) is 11.1 Å². The van der Waals surface area contributed by atoms with Crippen LogP contribution in [0.15, 0.2) is 42.5 Å². The fourth-order valence-corrected chi connectivity index (χ4v) is 2.90. The molecule has 6 heteroatoms. The number of hydrogen-bond donors (Lipinski definition) is 2. The molecule has 2 aromatic rings. The second kappa shape index (κ2) is 7.47. The molecule has 136 valence electrons. The summed E-state index contributed by atoms with van der Waals surface area (Å²) >= 11 is 0. The van der Waals surface area contributed by atoms with E-state index in [0.717, 1.165) is 11.3 Å². The van der Waals surface area contributed by atoms with Crippen molar-refractivity contribution in [3.63, 3.8) is 0 Å². The first kappa shape index (κ1) is 17.8. The number of fused-ring (bicyclic) bond motifs is 1. The zero-order valence-electron chi connectivity index (χ0n) is 14.8. The summed E-state index contributed by atoms with van der Waals surface area (Å²) in [7, 11) is 0. The minimum absolute atomic E-state index is 0.173. The Balaban J connectivity index is 1.80. The van der Waals surface area contributed by atoms with E-state index >= 15 is 0 Å². The van der Waals surface area contributed by atoms with Crippen LogP contribution in [0.5, 0.6) is 11.5 Å². The first-order valence-electron chi connectivity index (χ1n) is 8.56. The second-order valence-corrected chi connectivity index (χ2v) is 6.54. The van der Waals surface area contributed by atoms with E-state index in [0.29, 0.717) is 30.1 Å². The molecule has 26 heavy (non-hydrogen) atoms. The van der Waals surface area contributed by atoms with Gasteiger partial charge in [-0.05, 0) is 47.9 Å². The number of primary amides is 1. The van der Waals surface area contributed by atoms with Gasteiger partial charge in [-0.3, -0.25) is 9.59 Å². The Hall–Kier alpha value is -3.02. The molecule has 3 rings (SSSR count). The summed E-state index contributed by atoms with van der Waals surface area (Å²) < 4.78 is 11.2. The van der Waals surface area contributed by atoms with Crippen LogP contribution in [0, 0.1) is 5.92 Å². The van der Waals surface area contributed by atoms with Crippen molar-refractivity contribution in [2.75, 3.05) is 13.2 Å². The van der Waals surface area contributed by atoms with Crippen LogP contribution in [0.4, 0.5) is 0 Å². The lowest BCUT2D eigenvalue weighted by atomic mass is 9.95. The number of amides is 2. The third-order valence-corrected chi connectivity index (χ3v) is 4.31. The number of nitrogens with two attached hydrogens (primary N) is 1. The molecule has 1 aliphatic rings. The molecule has 1 heterocycles. The van der Waals surface area contributed by atoms with Crippen molar-refractivity contribution in [3.05, 3.63) is 59.2 Å². The molecule has 0 unspecified atom stereocenters. The fourth-order valence-electron chi connectivity index (χ4n) is 2.90. The van der Waals surface area contributed by atoms with Crippen molar-refractivity contribution in [2.24, 2.45) is 11.7 Å². The number of carbonyl (C=O) groups is 2. The molecular weight excluding hydrogens is 332 g/mol. The van der Waals surface area contributed by atoms with Gasteiger partial charge in [0.15, 0.2) is 11.5 Å². The molecule has 0 aliphatic carbocycles. The van der Waals surface area contributed by atoms with Crippen molar-refractivity contribution in [2.45, 2.75) is 19.9 Å². The molecule has 1 aliphatic heterocycles. The molecule has 0 radical (unpaired) electrons. The molecule has 2 aromatic carbocycles. The average molecular weight is 354 g/mol. The van der Waals surface area contributed by atoms with E-state index in [2.05, 4.69) is 5.32 Å². The monoisotopic (exact) mass is 354 g/mol. The topological polar surface area (TPSA) is 90.7 Å². The van der Waals surface area contributed by atoms with Gasteiger partial charge in [0.25, 0.3) is 5.91 Å². The van der Waals surface area contributed by atoms with Crippen molar-refractivity contribution < 1.29 is 19.1 Å². The Morgan fingerprint density at radius 3 is 2.19 bits per heavy atom. The van der Waals surface area contributed by atoms with Gasteiger partial charge in [0.1, 0.15) is 13.2 Å². The lowest BCUT2D eigenvalue weighted by Crippen LogP contribution is -2.32. The van der Waals surface area contributed by atoms with Gasteiger partial charge in [-0.2, -0.15) is 0 Å². The van der Waals surface area contributed by atoms with Gasteiger partial charge in [0.2, 0.25) is 5.91 Å². The minimum atomic E-state index is -0.520. The zero-order chi connectivity index (χ0) is 18.7. The Kier molecular flexibility index (Phi) is 5.11. The number of ether oxygens (including phenoxy) is 2. The summed E-state index contributed by atoms with van der Waals surface area (Å²) in [5.41, 5.74) is 7.02. The molecule has 0 bridgehead atoms. The summed E-state index contributed by atoms with van der Waals surface area (Å²) in [5.74, 6) is 0.852. The van der Waals surface area contributed by atoms with Gasteiger partial charge in [-0.25, -0.2) is 0 Å². The summed E-state index contributed by atoms with van der Waals surface area (Å²) in [4.78, 5) is 23.8. The molecule has 0 saturated heterocycles. The molecule has 0 spiro atoms. The van der Waals surface area contributed by atoms with Gasteiger partial charge in [0.05, 0.1) is 6.04 Å². The molecule has 0 aromatic heterocycles. The number of rotatable bonds is 5. The van der Waals surface area contributed by atoms with Crippen LogP contribution in [0.25, 0.3) is 0 Å². The third kappa shape index (κ3) is 3.79. The van der Waals surface area contributed by atoms with Crippen LogP contribution >= 0.6 is 0 Å². The third-order valence-electron chi connectivity index (χ3n) is 4.31. The SMILES string of the molecule is CC(C)[C@@H](NC(=O)c1ccc(C(N)=O)cc1)c1ccc2c(c1)OCCO2. The standard InChI is InChI=1S/C20H22N2O4/c1-12(2)18(15-7-8-16-17(11-15)26-10-9-25-16)22-20(24)14-5-3-13(4-6-14)19(21)23/h3-8,11-12,18H,9-10H2,1-2H3,(H2,21,23)(H,22,24)/t18-/m1/s1. The number of carbonyl (C=O) groups excluding carboxylic acids is 2. The maximum Gasteiger partial charge on any atom is 0.251 e. The van der Waals surface area contributed by atoms with Crippen LogP contribution < -0.4 is 20.5 Å². The van der Waals surface area contributed by atoms with E-state index in [4.69, 9.17) is 15.2 Å². The average Bonchev–Trinajstić information content (AvgIpc) is 2.65. The predicted molar refractivity (Wildman–Crippen MR) is 97.4 cm³/mol. The lowest BCUT2D eigenvalue weighted by Gasteiger charge is -2.25. The van der Waals surface area contributed by atoms with Gasteiger partial charge in [-0.15, -0.1) is 0 Å². The van der Waals surface area contributed by atoms with Crippen LogP contribution in [0.2, 0.25) is 0 Å². The maximum atomic E-state index is 12.6. The first-order chi connectivity index (χ1) is 12.5. The highest BCUT2D eigenvalue weighted by Crippen LogP contribution is 2.34. The Morgan fingerprint density at radius 2 is 1.58 bits per heavy atom. The molecule has 3 N–H and O–H groups in total. The fraction of sp³-hybridized carbons (Fsp3) is 0.300. The Morgan fingerprint density at radius 1 is 0.962 bits per heavy atom. The summed E-state index contributed by atoms with van der Waals surface area (Å²) in [6.45, 7) is 5.13. The molecule has 6 nitrogen and oxygen atoms in total. The van der Waals surface area contributed by atoms with Crippen molar-refractivity contribution in [3.8, 4) is 11.5 Å². The van der Waals surface area contributed by atoms with E-state index < -0.39 is 5.91 Å². The summed E-state index contributed by atoms with van der Waals surface area (Å²) in [6, 6.07) is 11.8. The molecule has 0 saturated carbocycles. The highest BCUT2D eigenvalue weighted by atomic mass is 16.6. The zero-order valence-corrected chi connectivity index (χ0v) is 14.8. The van der Waals surface area contributed by atoms with Crippen LogP contribution in [0.1, 0.15) is 46.2 Å². The van der Waals surface area contributed by atoms with Gasteiger partial charge >= 0.3 is 0 Å². The predicted octanol–water partition coefficient (Wildman–Crippen LogP) is 2.68. The summed E-state index contributed by atoms with van der Waals surface area (Å²) in [5, 5.41) is 3.05. The molecule has 1 atom stereocenters. The molecule has 2 amide bonds. The van der Waals surface area contributed by atoms with Crippen molar-refractivity contribution in [1.29, 1.82) is 0 Å². The smallest absolute Gasteiger partial charge is 0.251 e. The van der Waals surface area contributed by atoms with E-state index in [1.54, 1.807) is 24.3 Å². The minimum Gasteiger partial charge on any atom is -0.486 e. The highest BCUT2D eigenvalue weighted by Gasteiger charge is 2.22. The maximum absolute atomic E-state index is 12.6. The van der Waals surface area contributed by atoms with E-state index in [9.17, 15) is 9.59 Å². The highest BCUT2D eigenvalue weighted by molar-refractivity contribution is 5.97. The number of hydrogen-bond acceptors (Lipinski definition) is 4. The van der Waals surface area contributed by atoms with E-state index in [1.807, 2.05) is 32.0 Å². The Bertz CT molecular complexity index is 815. The number of nitrogens with one attached hydrogen (secondary N) is 1. The normalized spacial score (nSPS) is 14.0. The largest absolute Gasteiger partial charge is 0.486 e. The van der Waals surface area contributed by atoms with Crippen LogP contribution in [-0.2, 0) is 0 Å². The Labute approximate surface area is 152 Å². The number of benzene rings is 2. The van der Waals surface area contributed by atoms with E-state index in [-0.39, 0.29) is 17.9 Å². The second-order valence-electron chi connectivity index (χ2n) is 6.54. The van der Waals surface area contributed by atoms with E-state index in [1.165, 1.54) is 0 Å². The first-order valence-corrected chi connectivity index (χ1v) is 8.56. The molecule has 0 fully saturated rings. The van der Waals surface area contributed by atoms with Crippen LogP contribution in [0.3, 0.4) is 0 Å². The quantitative estimate of drug-likeness (QED) is 0.864. The van der Waals surface area contributed by atoms with Crippen molar-refractivity contribution in [1.82, 2.24) is 5.32 Å². The summed E-state index contributed by atoms with van der Waals surface area (Å²) in [6.07, 6.45) is 0. The lowest BCUT2D eigenvalue weighted by molar-refractivity contribution is 0.0923. The molecular formula is C20H22N2O4. The van der Waals surface area contributed by atoms with Gasteiger partial charge < -0.3 is 20.5 Å². The van der Waals surface area contributed by atoms with Crippen molar-refractivity contribution >= 4 is 11.8 Å². The van der Waals surface area contributed by atoms with Gasteiger partial charge in [-0.1, -0.05) is 19.9 Å².